The number of hydrogen-bond donors (Lipinski definition) is 1. The Kier molecular flexibility index (Phi) is 4.57. The van der Waals surface area contributed by atoms with Crippen LogP contribution in [0.15, 0.2) is 42.5 Å². The van der Waals surface area contributed by atoms with E-state index in [-0.39, 0.29) is 5.95 Å². The number of methoxy groups -OCH3 is 2. The van der Waals surface area contributed by atoms with Gasteiger partial charge in [-0.15, -0.1) is 0 Å². The van der Waals surface area contributed by atoms with Crippen LogP contribution in [-0.4, -0.2) is 24.2 Å². The Morgan fingerprint density at radius 1 is 0.800 bits per heavy atom. The minimum atomic E-state index is 0.226. The SMILES string of the molecule is COc1ccc(-c2cc(-c3ccc(C)c(C)c3)nc(N)n2)c(OC)c1. The molecule has 3 aromatic rings. The van der Waals surface area contributed by atoms with Gasteiger partial charge in [-0.05, 0) is 49.2 Å². The van der Waals surface area contributed by atoms with Crippen LogP contribution < -0.4 is 15.2 Å². The predicted molar refractivity (Wildman–Crippen MR) is 99.9 cm³/mol. The number of aromatic nitrogens is 2. The van der Waals surface area contributed by atoms with Crippen LogP contribution in [0.25, 0.3) is 22.5 Å². The first-order chi connectivity index (χ1) is 12.0. The van der Waals surface area contributed by atoms with Crippen LogP contribution in [-0.2, 0) is 0 Å². The normalized spacial score (nSPS) is 10.6. The van der Waals surface area contributed by atoms with E-state index >= 15 is 0 Å². The maximum Gasteiger partial charge on any atom is 0.221 e. The van der Waals surface area contributed by atoms with Crippen LogP contribution in [0.3, 0.4) is 0 Å². The van der Waals surface area contributed by atoms with E-state index in [0.717, 1.165) is 22.6 Å². The summed E-state index contributed by atoms with van der Waals surface area (Å²) in [7, 11) is 3.24. The third-order valence-corrected chi connectivity index (χ3v) is 4.23. The fourth-order valence-corrected chi connectivity index (χ4v) is 2.66. The van der Waals surface area contributed by atoms with Gasteiger partial charge in [0, 0.05) is 17.2 Å². The maximum atomic E-state index is 5.96. The lowest BCUT2D eigenvalue weighted by Crippen LogP contribution is -2.00. The molecular weight excluding hydrogens is 314 g/mol. The monoisotopic (exact) mass is 335 g/mol. The number of nitrogens with two attached hydrogens (primary N) is 1. The third kappa shape index (κ3) is 3.40. The summed E-state index contributed by atoms with van der Waals surface area (Å²) < 4.78 is 10.7. The molecule has 0 bridgehead atoms. The summed E-state index contributed by atoms with van der Waals surface area (Å²) in [5.74, 6) is 1.61. The van der Waals surface area contributed by atoms with Gasteiger partial charge in [-0.1, -0.05) is 12.1 Å². The van der Waals surface area contributed by atoms with Gasteiger partial charge in [-0.2, -0.15) is 0 Å². The molecule has 2 N–H and O–H groups in total. The van der Waals surface area contributed by atoms with Crippen molar-refractivity contribution in [2.75, 3.05) is 20.0 Å². The molecule has 25 heavy (non-hydrogen) atoms. The van der Waals surface area contributed by atoms with Gasteiger partial charge >= 0.3 is 0 Å². The summed E-state index contributed by atoms with van der Waals surface area (Å²) >= 11 is 0. The lowest BCUT2D eigenvalue weighted by molar-refractivity contribution is 0.395. The lowest BCUT2D eigenvalue weighted by atomic mass is 10.0. The number of ether oxygens (including phenoxy) is 2. The molecule has 5 heteroatoms. The summed E-state index contributed by atoms with van der Waals surface area (Å²) in [5, 5.41) is 0. The van der Waals surface area contributed by atoms with Crippen LogP contribution >= 0.6 is 0 Å². The predicted octanol–water partition coefficient (Wildman–Crippen LogP) is 4.03. The number of nitrogen functional groups attached to an aromatic ring is 1. The summed E-state index contributed by atoms with van der Waals surface area (Å²) in [5.41, 5.74) is 11.7. The molecule has 1 heterocycles. The van der Waals surface area contributed by atoms with E-state index in [2.05, 4.69) is 35.9 Å². The zero-order chi connectivity index (χ0) is 18.0. The zero-order valence-electron chi connectivity index (χ0n) is 14.8. The highest BCUT2D eigenvalue weighted by atomic mass is 16.5. The van der Waals surface area contributed by atoms with Crippen LogP contribution in [0.5, 0.6) is 11.5 Å². The molecule has 0 aliphatic rings. The summed E-state index contributed by atoms with van der Waals surface area (Å²) in [6, 6.07) is 13.7. The highest BCUT2D eigenvalue weighted by Crippen LogP contribution is 2.34. The minimum absolute atomic E-state index is 0.226. The van der Waals surface area contributed by atoms with Gasteiger partial charge in [-0.3, -0.25) is 0 Å². The Morgan fingerprint density at radius 2 is 1.56 bits per heavy atom. The molecule has 0 aliphatic carbocycles. The van der Waals surface area contributed by atoms with E-state index in [1.165, 1.54) is 11.1 Å². The second-order valence-electron chi connectivity index (χ2n) is 5.86. The van der Waals surface area contributed by atoms with E-state index in [0.29, 0.717) is 11.4 Å². The average molecular weight is 335 g/mol. The molecule has 0 aliphatic heterocycles. The second-order valence-corrected chi connectivity index (χ2v) is 5.86. The van der Waals surface area contributed by atoms with Gasteiger partial charge in [0.15, 0.2) is 0 Å². The van der Waals surface area contributed by atoms with Gasteiger partial charge in [0.1, 0.15) is 11.5 Å². The fraction of sp³-hybridized carbons (Fsp3) is 0.200. The number of nitrogens with zero attached hydrogens (tertiary/aromatic N) is 2. The van der Waals surface area contributed by atoms with Gasteiger partial charge in [0.2, 0.25) is 5.95 Å². The van der Waals surface area contributed by atoms with Crippen molar-refractivity contribution < 1.29 is 9.47 Å². The largest absolute Gasteiger partial charge is 0.497 e. The highest BCUT2D eigenvalue weighted by molar-refractivity contribution is 5.74. The Bertz CT molecular complexity index is 923. The molecule has 5 nitrogen and oxygen atoms in total. The van der Waals surface area contributed by atoms with Gasteiger partial charge in [0.25, 0.3) is 0 Å². The van der Waals surface area contributed by atoms with Crippen LogP contribution in [0.2, 0.25) is 0 Å². The van der Waals surface area contributed by atoms with Crippen molar-refractivity contribution in [1.29, 1.82) is 0 Å². The van der Waals surface area contributed by atoms with Crippen LogP contribution in [0.1, 0.15) is 11.1 Å². The fourth-order valence-electron chi connectivity index (χ4n) is 2.66. The highest BCUT2D eigenvalue weighted by Gasteiger charge is 2.12. The Hall–Kier alpha value is -3.08. The quantitative estimate of drug-likeness (QED) is 0.779. The molecule has 0 radical (unpaired) electrons. The number of aryl methyl sites for hydroxylation is 2. The molecule has 2 aromatic carbocycles. The number of rotatable bonds is 4. The van der Waals surface area contributed by atoms with E-state index < -0.39 is 0 Å². The molecule has 0 atom stereocenters. The molecule has 1 aromatic heterocycles. The van der Waals surface area contributed by atoms with E-state index in [1.807, 2.05) is 30.3 Å². The van der Waals surface area contributed by atoms with Crippen molar-refractivity contribution in [1.82, 2.24) is 9.97 Å². The summed E-state index contributed by atoms with van der Waals surface area (Å²) in [4.78, 5) is 8.77. The van der Waals surface area contributed by atoms with Crippen molar-refractivity contribution >= 4 is 5.95 Å². The molecule has 0 spiro atoms. The van der Waals surface area contributed by atoms with E-state index in [4.69, 9.17) is 15.2 Å². The van der Waals surface area contributed by atoms with Gasteiger partial charge < -0.3 is 15.2 Å². The van der Waals surface area contributed by atoms with Crippen molar-refractivity contribution in [3.05, 3.63) is 53.6 Å². The first-order valence-corrected chi connectivity index (χ1v) is 7.96. The third-order valence-electron chi connectivity index (χ3n) is 4.23. The summed E-state index contributed by atoms with van der Waals surface area (Å²) in [6.45, 7) is 4.16. The number of anilines is 1. The number of benzene rings is 2. The first kappa shape index (κ1) is 16.8. The minimum Gasteiger partial charge on any atom is -0.497 e. The van der Waals surface area contributed by atoms with Crippen molar-refractivity contribution in [2.45, 2.75) is 13.8 Å². The topological polar surface area (TPSA) is 70.3 Å². The van der Waals surface area contributed by atoms with Gasteiger partial charge in [0.05, 0.1) is 25.6 Å². The molecule has 0 saturated heterocycles. The Morgan fingerprint density at radius 3 is 2.24 bits per heavy atom. The first-order valence-electron chi connectivity index (χ1n) is 7.96. The number of hydrogen-bond acceptors (Lipinski definition) is 5. The van der Waals surface area contributed by atoms with Crippen LogP contribution in [0.4, 0.5) is 5.95 Å². The average Bonchev–Trinajstić information content (AvgIpc) is 2.62. The Labute approximate surface area is 147 Å². The molecule has 0 amide bonds. The smallest absolute Gasteiger partial charge is 0.221 e. The Balaban J connectivity index is 2.12. The van der Waals surface area contributed by atoms with Crippen molar-refractivity contribution in [3.8, 4) is 34.0 Å². The lowest BCUT2D eigenvalue weighted by Gasteiger charge is -2.12. The molecule has 0 fully saturated rings. The molecule has 3 rings (SSSR count). The molecule has 0 unspecified atom stereocenters. The van der Waals surface area contributed by atoms with Crippen LogP contribution in [0, 0.1) is 13.8 Å². The van der Waals surface area contributed by atoms with E-state index in [9.17, 15) is 0 Å². The molecular formula is C20H21N3O2. The summed E-state index contributed by atoms with van der Waals surface area (Å²) in [6.07, 6.45) is 0. The standard InChI is InChI=1S/C20H21N3O2/c1-12-5-6-14(9-13(12)2)17-11-18(23-20(21)22-17)16-8-7-15(24-3)10-19(16)25-4/h5-11H,1-4H3,(H2,21,22,23). The van der Waals surface area contributed by atoms with Gasteiger partial charge in [-0.25, -0.2) is 9.97 Å². The molecule has 0 saturated carbocycles. The van der Waals surface area contributed by atoms with E-state index in [1.54, 1.807) is 14.2 Å². The van der Waals surface area contributed by atoms with Crippen molar-refractivity contribution in [3.63, 3.8) is 0 Å². The molecule has 128 valence electrons. The van der Waals surface area contributed by atoms with Crippen molar-refractivity contribution in [2.24, 2.45) is 0 Å². The second kappa shape index (κ2) is 6.81. The maximum absolute atomic E-state index is 5.96. The zero-order valence-corrected chi connectivity index (χ0v) is 14.8.